The maximum absolute atomic E-state index is 12.2. The number of carbonyl (C=O) groups is 1. The summed E-state index contributed by atoms with van der Waals surface area (Å²) in [6, 6.07) is 14.0. The molecule has 24 heavy (non-hydrogen) atoms. The molecular weight excluding hydrogens is 326 g/mol. The number of aryl methyl sites for hydroxylation is 1. The number of amidine groups is 1. The summed E-state index contributed by atoms with van der Waals surface area (Å²) >= 11 is 0. The average Bonchev–Trinajstić information content (AvgIpc) is 2.54. The lowest BCUT2D eigenvalue weighted by atomic mass is 10.1. The maximum Gasteiger partial charge on any atom is 0.286 e. The van der Waals surface area contributed by atoms with Crippen molar-refractivity contribution in [3.63, 3.8) is 0 Å². The zero-order chi connectivity index (χ0) is 17.2. The van der Waals surface area contributed by atoms with Gasteiger partial charge in [-0.3, -0.25) is 4.79 Å². The molecule has 124 valence electrons. The largest absolute Gasteiger partial charge is 0.341 e. The van der Waals surface area contributed by atoms with Crippen molar-refractivity contribution in [3.05, 3.63) is 54.1 Å². The van der Waals surface area contributed by atoms with Crippen molar-refractivity contribution in [1.29, 1.82) is 0 Å². The molecule has 0 radical (unpaired) electrons. The number of fused-ring (bicyclic) bond motifs is 1. The van der Waals surface area contributed by atoms with E-state index in [0.29, 0.717) is 11.4 Å². The van der Waals surface area contributed by atoms with Crippen LogP contribution in [-0.2, 0) is 21.2 Å². The summed E-state index contributed by atoms with van der Waals surface area (Å²) in [7, 11) is -3.77. The molecule has 0 aromatic heterocycles. The lowest BCUT2D eigenvalue weighted by Crippen LogP contribution is -2.26. The van der Waals surface area contributed by atoms with Crippen molar-refractivity contribution in [2.45, 2.75) is 24.7 Å². The van der Waals surface area contributed by atoms with E-state index in [1.54, 1.807) is 24.3 Å². The molecule has 0 spiro atoms. The van der Waals surface area contributed by atoms with E-state index in [0.717, 1.165) is 12.0 Å². The lowest BCUT2D eigenvalue weighted by molar-refractivity contribution is -0.115. The summed E-state index contributed by atoms with van der Waals surface area (Å²) < 4.78 is 28.0. The average molecular weight is 343 g/mol. The Kier molecular flexibility index (Phi) is 4.35. The van der Waals surface area contributed by atoms with E-state index in [1.807, 2.05) is 25.1 Å². The fourth-order valence-corrected chi connectivity index (χ4v) is 3.62. The van der Waals surface area contributed by atoms with Gasteiger partial charge in [0.25, 0.3) is 10.0 Å². The highest BCUT2D eigenvalue weighted by Crippen LogP contribution is 2.27. The maximum atomic E-state index is 12.2. The van der Waals surface area contributed by atoms with Crippen LogP contribution in [0.1, 0.15) is 18.9 Å². The zero-order valence-electron chi connectivity index (χ0n) is 13.1. The molecule has 0 saturated carbocycles. The van der Waals surface area contributed by atoms with Crippen molar-refractivity contribution in [2.75, 3.05) is 10.6 Å². The molecule has 0 fully saturated rings. The van der Waals surface area contributed by atoms with Crippen LogP contribution in [0.4, 0.5) is 11.4 Å². The molecule has 1 aliphatic heterocycles. The van der Waals surface area contributed by atoms with E-state index in [4.69, 9.17) is 0 Å². The number of para-hydroxylation sites is 1. The Hall–Kier alpha value is -2.67. The van der Waals surface area contributed by atoms with Crippen LogP contribution in [0, 0.1) is 0 Å². The highest BCUT2D eigenvalue weighted by Gasteiger charge is 2.25. The molecule has 6 nitrogen and oxygen atoms in total. The third kappa shape index (κ3) is 3.46. The van der Waals surface area contributed by atoms with Crippen LogP contribution < -0.4 is 10.6 Å². The van der Waals surface area contributed by atoms with E-state index >= 15 is 0 Å². The van der Waals surface area contributed by atoms with E-state index in [9.17, 15) is 13.2 Å². The van der Waals surface area contributed by atoms with Gasteiger partial charge in [0.2, 0.25) is 5.91 Å². The fourth-order valence-electron chi connectivity index (χ4n) is 2.47. The molecule has 1 aliphatic rings. The number of benzene rings is 2. The third-order valence-corrected chi connectivity index (χ3v) is 4.99. The molecule has 0 aliphatic carbocycles. The summed E-state index contributed by atoms with van der Waals surface area (Å²) in [4.78, 5) is 12.3. The highest BCUT2D eigenvalue weighted by atomic mass is 32.2. The zero-order valence-corrected chi connectivity index (χ0v) is 13.9. The first kappa shape index (κ1) is 16.2. The predicted octanol–water partition coefficient (Wildman–Crippen LogP) is 2.79. The molecule has 0 saturated heterocycles. The van der Waals surface area contributed by atoms with Gasteiger partial charge in [0.05, 0.1) is 12.1 Å². The summed E-state index contributed by atoms with van der Waals surface area (Å²) in [6.45, 7) is 2.03. The first-order valence-corrected chi connectivity index (χ1v) is 9.00. The minimum atomic E-state index is -3.77. The molecule has 1 amide bonds. The van der Waals surface area contributed by atoms with Gasteiger partial charge < -0.3 is 10.6 Å². The molecule has 2 N–H and O–H groups in total. The number of nitrogens with zero attached hydrogens (tertiary/aromatic N) is 1. The number of carbonyl (C=O) groups excluding carboxylic acids is 1. The van der Waals surface area contributed by atoms with Crippen LogP contribution >= 0.6 is 0 Å². The smallest absolute Gasteiger partial charge is 0.286 e. The van der Waals surface area contributed by atoms with E-state index in [-0.39, 0.29) is 23.1 Å². The number of sulfonamides is 1. The molecule has 7 heteroatoms. The Balaban J connectivity index is 1.75. The van der Waals surface area contributed by atoms with Gasteiger partial charge in [0.15, 0.2) is 0 Å². The van der Waals surface area contributed by atoms with Gasteiger partial charge in [-0.1, -0.05) is 31.2 Å². The van der Waals surface area contributed by atoms with Gasteiger partial charge in [-0.2, -0.15) is 8.42 Å². The molecular formula is C17H17N3O3S. The number of amides is 1. The molecule has 2 aromatic rings. The van der Waals surface area contributed by atoms with Gasteiger partial charge in [0.1, 0.15) is 10.7 Å². The van der Waals surface area contributed by atoms with Crippen molar-refractivity contribution in [2.24, 2.45) is 4.40 Å². The topological polar surface area (TPSA) is 87.6 Å². The predicted molar refractivity (Wildman–Crippen MR) is 93.8 cm³/mol. The fraction of sp³-hybridized carbons (Fsp3) is 0.176. The number of hydrogen-bond donors (Lipinski definition) is 2. The van der Waals surface area contributed by atoms with Crippen LogP contribution in [0.3, 0.4) is 0 Å². The Bertz CT molecular complexity index is 920. The van der Waals surface area contributed by atoms with Gasteiger partial charge in [0, 0.05) is 5.69 Å². The van der Waals surface area contributed by atoms with Crippen molar-refractivity contribution >= 4 is 33.1 Å². The normalized spacial score (nSPS) is 15.0. The number of hydrogen-bond acceptors (Lipinski definition) is 4. The summed E-state index contributed by atoms with van der Waals surface area (Å²) in [6.07, 6.45) is 0.719. The SMILES string of the molecule is CCc1cccc(NC(=O)CC2=NS(=O)(=O)c3ccccc3N2)c1. The van der Waals surface area contributed by atoms with Crippen LogP contribution in [0.25, 0.3) is 0 Å². The Morgan fingerprint density at radius 3 is 2.75 bits per heavy atom. The number of anilines is 2. The molecule has 3 rings (SSSR count). The first-order chi connectivity index (χ1) is 11.5. The minimum absolute atomic E-state index is 0.109. The van der Waals surface area contributed by atoms with Gasteiger partial charge in [-0.25, -0.2) is 0 Å². The van der Waals surface area contributed by atoms with Crippen LogP contribution in [0.2, 0.25) is 0 Å². The molecule has 0 atom stereocenters. The van der Waals surface area contributed by atoms with Crippen molar-refractivity contribution in [3.8, 4) is 0 Å². The van der Waals surface area contributed by atoms with E-state index < -0.39 is 10.0 Å². The summed E-state index contributed by atoms with van der Waals surface area (Å²) in [5.41, 5.74) is 2.22. The third-order valence-electron chi connectivity index (χ3n) is 3.62. The highest BCUT2D eigenvalue weighted by molar-refractivity contribution is 7.90. The second-order valence-corrected chi connectivity index (χ2v) is 6.99. The Morgan fingerprint density at radius 1 is 1.17 bits per heavy atom. The molecule has 0 bridgehead atoms. The lowest BCUT2D eigenvalue weighted by Gasteiger charge is -2.17. The molecule has 2 aromatic carbocycles. The Morgan fingerprint density at radius 2 is 1.96 bits per heavy atom. The van der Waals surface area contributed by atoms with Crippen molar-refractivity contribution < 1.29 is 13.2 Å². The molecule has 1 heterocycles. The van der Waals surface area contributed by atoms with Crippen LogP contribution in [-0.4, -0.2) is 20.2 Å². The number of rotatable bonds is 4. The summed E-state index contributed by atoms with van der Waals surface area (Å²) in [5.74, 6) is -0.220. The summed E-state index contributed by atoms with van der Waals surface area (Å²) in [5, 5.41) is 5.66. The van der Waals surface area contributed by atoms with Gasteiger partial charge in [-0.05, 0) is 36.2 Å². The second kappa shape index (κ2) is 6.45. The van der Waals surface area contributed by atoms with Crippen LogP contribution in [0.15, 0.2) is 57.8 Å². The monoisotopic (exact) mass is 343 g/mol. The van der Waals surface area contributed by atoms with E-state index in [2.05, 4.69) is 15.0 Å². The van der Waals surface area contributed by atoms with Crippen LogP contribution in [0.5, 0.6) is 0 Å². The molecule has 0 unspecified atom stereocenters. The van der Waals surface area contributed by atoms with Crippen molar-refractivity contribution in [1.82, 2.24) is 0 Å². The first-order valence-electron chi connectivity index (χ1n) is 7.56. The standard InChI is InChI=1S/C17H17N3O3S/c1-2-12-6-5-7-13(10-12)18-17(21)11-16-19-14-8-3-4-9-15(14)24(22,23)20-16/h3-10H,2,11H2,1H3,(H,18,21)(H,19,20). The number of nitrogens with one attached hydrogen (secondary N) is 2. The van der Waals surface area contributed by atoms with E-state index in [1.165, 1.54) is 6.07 Å². The quantitative estimate of drug-likeness (QED) is 0.893. The minimum Gasteiger partial charge on any atom is -0.341 e. The second-order valence-electron chi connectivity index (χ2n) is 5.41. The Labute approximate surface area is 140 Å². The van der Waals surface area contributed by atoms with Gasteiger partial charge >= 0.3 is 0 Å². The van der Waals surface area contributed by atoms with Gasteiger partial charge in [-0.15, -0.1) is 4.40 Å².